The van der Waals surface area contributed by atoms with E-state index in [1.165, 1.54) is 28.0 Å². The predicted molar refractivity (Wildman–Crippen MR) is 136 cm³/mol. The number of nitrogens with one attached hydrogen (secondary N) is 1. The van der Waals surface area contributed by atoms with Gasteiger partial charge in [0.2, 0.25) is 11.8 Å². The van der Waals surface area contributed by atoms with Gasteiger partial charge in [0.05, 0.1) is 0 Å². The second-order valence-corrected chi connectivity index (χ2v) is 9.29. The molecule has 0 aliphatic carbocycles. The van der Waals surface area contributed by atoms with E-state index in [2.05, 4.69) is 5.32 Å². The number of carbonyl (C=O) groups is 3. The summed E-state index contributed by atoms with van der Waals surface area (Å²) in [5.74, 6) is -1.80. The lowest BCUT2D eigenvalue weighted by molar-refractivity contribution is -0.158. The lowest BCUT2D eigenvalue weighted by atomic mass is 9.99. The molecule has 0 bridgehead atoms. The summed E-state index contributed by atoms with van der Waals surface area (Å²) in [6.45, 7) is 1.95. The molecule has 3 amide bonds. The van der Waals surface area contributed by atoms with Crippen molar-refractivity contribution in [1.29, 1.82) is 0 Å². The molecule has 1 heterocycles. The zero-order valence-corrected chi connectivity index (χ0v) is 20.7. The van der Waals surface area contributed by atoms with Crippen LogP contribution < -0.4 is 5.32 Å². The summed E-state index contributed by atoms with van der Waals surface area (Å²) in [6.07, 6.45) is 0.595. The highest BCUT2D eigenvalue weighted by atomic mass is 35.5. The van der Waals surface area contributed by atoms with Gasteiger partial charge in [-0.05, 0) is 42.7 Å². The number of hydrogen-bond donors (Lipinski definition) is 1. The quantitative estimate of drug-likeness (QED) is 0.500. The molecule has 3 aromatic carbocycles. The first-order valence-corrected chi connectivity index (χ1v) is 12.1. The summed E-state index contributed by atoms with van der Waals surface area (Å²) in [6, 6.07) is 19.7. The van der Waals surface area contributed by atoms with Gasteiger partial charge in [-0.1, -0.05) is 71.8 Å². The zero-order valence-electron chi connectivity index (χ0n) is 19.9. The van der Waals surface area contributed by atoms with E-state index < -0.39 is 17.8 Å². The van der Waals surface area contributed by atoms with Crippen LogP contribution in [0.25, 0.3) is 0 Å². The van der Waals surface area contributed by atoms with Gasteiger partial charge in [-0.2, -0.15) is 0 Å². The maximum atomic E-state index is 14.8. The minimum Gasteiger partial charge on any atom is -0.354 e. The molecular weight excluding hydrogens is 481 g/mol. The summed E-state index contributed by atoms with van der Waals surface area (Å²) in [4.78, 5) is 41.9. The fraction of sp³-hybridized carbons (Fsp3) is 0.250. The smallest absolute Gasteiger partial charge is 0.251 e. The maximum Gasteiger partial charge on any atom is 0.251 e. The van der Waals surface area contributed by atoms with Crippen LogP contribution in [0.4, 0.5) is 4.39 Å². The van der Waals surface area contributed by atoms with Crippen molar-refractivity contribution >= 4 is 29.3 Å². The van der Waals surface area contributed by atoms with E-state index in [-0.39, 0.29) is 37.0 Å². The first-order valence-electron chi connectivity index (χ1n) is 11.7. The highest BCUT2D eigenvalue weighted by molar-refractivity contribution is 6.30. The molecule has 1 aliphatic rings. The Kier molecular flexibility index (Phi) is 8.00. The van der Waals surface area contributed by atoms with Crippen LogP contribution in [-0.4, -0.2) is 47.2 Å². The van der Waals surface area contributed by atoms with Crippen molar-refractivity contribution < 1.29 is 18.8 Å². The number of hydrogen-bond acceptors (Lipinski definition) is 3. The molecule has 0 radical (unpaired) electrons. The Hall–Kier alpha value is -3.71. The summed E-state index contributed by atoms with van der Waals surface area (Å²) < 4.78 is 14.8. The summed E-state index contributed by atoms with van der Waals surface area (Å²) in [5.41, 5.74) is 3.02. The van der Waals surface area contributed by atoms with Crippen LogP contribution in [0.5, 0.6) is 0 Å². The summed E-state index contributed by atoms with van der Waals surface area (Å²) >= 11 is 5.90. The number of benzene rings is 3. The second-order valence-electron chi connectivity index (χ2n) is 8.85. The van der Waals surface area contributed by atoms with Gasteiger partial charge >= 0.3 is 0 Å². The van der Waals surface area contributed by atoms with Crippen molar-refractivity contribution in [2.45, 2.75) is 25.9 Å². The van der Waals surface area contributed by atoms with E-state index in [1.54, 1.807) is 18.2 Å². The Morgan fingerprint density at radius 2 is 1.67 bits per heavy atom. The van der Waals surface area contributed by atoms with Crippen molar-refractivity contribution in [3.63, 3.8) is 0 Å². The van der Waals surface area contributed by atoms with E-state index in [4.69, 9.17) is 11.6 Å². The Morgan fingerprint density at radius 1 is 1.00 bits per heavy atom. The Bertz CT molecular complexity index is 1250. The van der Waals surface area contributed by atoms with E-state index in [0.29, 0.717) is 18.0 Å². The third-order valence-electron chi connectivity index (χ3n) is 6.16. The minimum absolute atomic E-state index is 0.107. The number of piperazine rings is 1. The molecule has 1 unspecified atom stereocenters. The Morgan fingerprint density at radius 3 is 2.36 bits per heavy atom. The first-order chi connectivity index (χ1) is 17.3. The van der Waals surface area contributed by atoms with Crippen LogP contribution in [0, 0.1) is 12.7 Å². The molecule has 8 heteroatoms. The third-order valence-corrected chi connectivity index (χ3v) is 6.41. The number of nitrogens with zero attached hydrogens (tertiary/aromatic N) is 2. The zero-order chi connectivity index (χ0) is 25.7. The lowest BCUT2D eigenvalue weighted by Gasteiger charge is -2.40. The molecule has 1 atom stereocenters. The van der Waals surface area contributed by atoms with Crippen LogP contribution in [0.15, 0.2) is 72.8 Å². The van der Waals surface area contributed by atoms with E-state index in [1.807, 2.05) is 43.3 Å². The normalized spacial score (nSPS) is 15.8. The van der Waals surface area contributed by atoms with Gasteiger partial charge in [0.1, 0.15) is 24.9 Å². The van der Waals surface area contributed by atoms with Crippen LogP contribution >= 0.6 is 11.6 Å². The van der Waals surface area contributed by atoms with Crippen LogP contribution in [0.1, 0.15) is 28.3 Å². The monoisotopic (exact) mass is 507 g/mol. The van der Waals surface area contributed by atoms with Crippen molar-refractivity contribution in [2.75, 3.05) is 19.6 Å². The van der Waals surface area contributed by atoms with Gasteiger partial charge in [0.15, 0.2) is 0 Å². The number of rotatable bonds is 8. The standard InChI is InChI=1S/C28H27ClFN3O3/c1-19-6-8-21(9-7-19)16-33-26(35)18-32(28(36)27(33)23-4-2-3-5-24(23)30)17-25(34)31-15-14-20-10-12-22(29)13-11-20/h2-13,27H,14-18H2,1H3,(H,31,34). The van der Waals surface area contributed by atoms with Crippen molar-refractivity contribution in [3.05, 3.63) is 106 Å². The van der Waals surface area contributed by atoms with Gasteiger partial charge in [0, 0.05) is 23.7 Å². The molecule has 1 fully saturated rings. The van der Waals surface area contributed by atoms with Gasteiger partial charge in [-0.25, -0.2) is 4.39 Å². The summed E-state index contributed by atoms with van der Waals surface area (Å²) in [7, 11) is 0. The summed E-state index contributed by atoms with van der Waals surface area (Å²) in [5, 5.41) is 3.42. The van der Waals surface area contributed by atoms with Crippen LogP contribution in [0.3, 0.4) is 0 Å². The molecule has 3 aromatic rings. The van der Waals surface area contributed by atoms with Crippen LogP contribution in [0.2, 0.25) is 5.02 Å². The van der Waals surface area contributed by atoms with Gasteiger partial charge in [-0.3, -0.25) is 14.4 Å². The molecular formula is C28H27ClFN3O3. The van der Waals surface area contributed by atoms with E-state index >= 15 is 0 Å². The molecule has 36 heavy (non-hydrogen) atoms. The minimum atomic E-state index is -1.16. The van der Waals surface area contributed by atoms with Crippen molar-refractivity contribution in [1.82, 2.24) is 15.1 Å². The van der Waals surface area contributed by atoms with E-state index in [0.717, 1.165) is 16.7 Å². The molecule has 0 saturated carbocycles. The highest BCUT2D eigenvalue weighted by Gasteiger charge is 2.42. The number of aryl methyl sites for hydroxylation is 1. The number of halogens is 2. The largest absolute Gasteiger partial charge is 0.354 e. The average molecular weight is 508 g/mol. The fourth-order valence-electron chi connectivity index (χ4n) is 4.21. The molecule has 186 valence electrons. The second kappa shape index (κ2) is 11.4. The molecule has 0 aromatic heterocycles. The van der Waals surface area contributed by atoms with Crippen molar-refractivity contribution in [2.24, 2.45) is 0 Å². The van der Waals surface area contributed by atoms with Gasteiger partial charge in [-0.15, -0.1) is 0 Å². The first kappa shape index (κ1) is 25.4. The number of amides is 3. The molecule has 1 saturated heterocycles. The highest BCUT2D eigenvalue weighted by Crippen LogP contribution is 2.30. The van der Waals surface area contributed by atoms with Gasteiger partial charge in [0.25, 0.3) is 5.91 Å². The molecule has 1 aliphatic heterocycles. The SMILES string of the molecule is Cc1ccc(CN2C(=O)CN(CC(=O)NCCc3ccc(Cl)cc3)C(=O)C2c2ccccc2F)cc1. The lowest BCUT2D eigenvalue weighted by Crippen LogP contribution is -2.57. The maximum absolute atomic E-state index is 14.8. The topological polar surface area (TPSA) is 69.7 Å². The van der Waals surface area contributed by atoms with Crippen molar-refractivity contribution in [3.8, 4) is 0 Å². The average Bonchev–Trinajstić information content (AvgIpc) is 2.86. The Balaban J connectivity index is 1.47. The predicted octanol–water partition coefficient (Wildman–Crippen LogP) is 4.06. The Labute approximate surface area is 214 Å². The molecule has 6 nitrogen and oxygen atoms in total. The molecule has 1 N–H and O–H groups in total. The van der Waals surface area contributed by atoms with Gasteiger partial charge < -0.3 is 15.1 Å². The number of carbonyl (C=O) groups excluding carboxylic acids is 3. The fourth-order valence-corrected chi connectivity index (χ4v) is 4.34. The van der Waals surface area contributed by atoms with E-state index in [9.17, 15) is 18.8 Å². The molecule has 4 rings (SSSR count). The third kappa shape index (κ3) is 6.10. The molecule has 0 spiro atoms. The van der Waals surface area contributed by atoms with Crippen LogP contribution in [-0.2, 0) is 27.3 Å².